The molecule has 38 heavy (non-hydrogen) atoms. The summed E-state index contributed by atoms with van der Waals surface area (Å²) in [5.41, 5.74) is 5.12. The van der Waals surface area contributed by atoms with Crippen molar-refractivity contribution in [2.24, 2.45) is 0 Å². The number of thiophene rings is 1. The van der Waals surface area contributed by atoms with Gasteiger partial charge in [-0.1, -0.05) is 24.3 Å². The van der Waals surface area contributed by atoms with Gasteiger partial charge in [0, 0.05) is 56.0 Å². The van der Waals surface area contributed by atoms with Gasteiger partial charge in [-0.25, -0.2) is 14.3 Å². The van der Waals surface area contributed by atoms with Crippen molar-refractivity contribution in [3.05, 3.63) is 72.1 Å². The van der Waals surface area contributed by atoms with Crippen LogP contribution in [0.3, 0.4) is 0 Å². The van der Waals surface area contributed by atoms with Crippen LogP contribution in [0.4, 0.5) is 0 Å². The molecule has 3 aromatic rings. The summed E-state index contributed by atoms with van der Waals surface area (Å²) >= 11 is 1.23. The Labute approximate surface area is 226 Å². The van der Waals surface area contributed by atoms with E-state index >= 15 is 0 Å². The number of aromatic nitrogens is 1. The SMILES string of the molecule is O=C(C=Cc1ccn(S(=O)(=O)c2ccc(-c3ccc(CN4CCOCC4)cc3)s2)c1)NOC1CCCCO1. The van der Waals surface area contributed by atoms with Crippen LogP contribution in [0, 0.1) is 0 Å². The third-order valence-electron chi connectivity index (χ3n) is 6.41. The molecule has 0 saturated carbocycles. The molecule has 2 saturated heterocycles. The molecule has 202 valence electrons. The van der Waals surface area contributed by atoms with Gasteiger partial charge in [0.25, 0.3) is 15.9 Å². The number of hydrogen-bond acceptors (Lipinski definition) is 8. The number of morpholine rings is 1. The molecule has 9 nitrogen and oxygen atoms in total. The zero-order valence-electron chi connectivity index (χ0n) is 21.0. The minimum Gasteiger partial charge on any atom is -0.379 e. The fraction of sp³-hybridized carbons (Fsp3) is 0.370. The lowest BCUT2D eigenvalue weighted by Gasteiger charge is -2.26. The van der Waals surface area contributed by atoms with Gasteiger partial charge in [0.15, 0.2) is 6.29 Å². The molecule has 11 heteroatoms. The molecule has 0 spiro atoms. The maximum atomic E-state index is 13.2. The number of nitrogens with one attached hydrogen (secondary N) is 1. The van der Waals surface area contributed by atoms with Crippen molar-refractivity contribution in [3.8, 4) is 10.4 Å². The van der Waals surface area contributed by atoms with Crippen molar-refractivity contribution in [1.82, 2.24) is 14.4 Å². The van der Waals surface area contributed by atoms with E-state index in [-0.39, 0.29) is 4.21 Å². The summed E-state index contributed by atoms with van der Waals surface area (Å²) in [6.45, 7) is 4.90. The minimum atomic E-state index is -3.75. The number of nitrogens with zero attached hydrogens (tertiary/aromatic N) is 2. The first-order chi connectivity index (χ1) is 18.5. The standard InChI is InChI=1S/C27H31N3O6S2/c31-25(28-36-26-3-1-2-16-35-26)10-6-22-12-13-30(20-22)38(32,33)27-11-9-24(37-27)23-7-4-21(5-8-23)19-29-14-17-34-18-15-29/h4-13,20,26H,1-3,14-19H2,(H,28,31). The van der Waals surface area contributed by atoms with Gasteiger partial charge in [-0.15, -0.1) is 11.3 Å². The van der Waals surface area contributed by atoms with E-state index in [0.29, 0.717) is 12.2 Å². The van der Waals surface area contributed by atoms with Crippen LogP contribution in [0.2, 0.25) is 0 Å². The van der Waals surface area contributed by atoms with E-state index < -0.39 is 22.2 Å². The molecular formula is C27H31N3O6S2. The summed E-state index contributed by atoms with van der Waals surface area (Å²) < 4.78 is 38.6. The quantitative estimate of drug-likeness (QED) is 0.315. The van der Waals surface area contributed by atoms with Gasteiger partial charge >= 0.3 is 0 Å². The summed E-state index contributed by atoms with van der Waals surface area (Å²) in [4.78, 5) is 20.5. The molecule has 1 atom stereocenters. The van der Waals surface area contributed by atoms with E-state index in [0.717, 1.165) is 66.5 Å². The Bertz CT molecular complexity index is 1350. The molecule has 5 rings (SSSR count). The predicted molar refractivity (Wildman–Crippen MR) is 145 cm³/mol. The summed E-state index contributed by atoms with van der Waals surface area (Å²) in [6.07, 6.45) is 8.05. The normalized spacial score (nSPS) is 19.1. The Balaban J connectivity index is 1.19. The first-order valence-electron chi connectivity index (χ1n) is 12.7. The fourth-order valence-electron chi connectivity index (χ4n) is 4.28. The van der Waals surface area contributed by atoms with E-state index in [4.69, 9.17) is 14.3 Å². The summed E-state index contributed by atoms with van der Waals surface area (Å²) in [6, 6.07) is 13.3. The van der Waals surface area contributed by atoms with Gasteiger partial charge in [0.2, 0.25) is 0 Å². The molecule has 2 fully saturated rings. The fourth-order valence-corrected chi connectivity index (χ4v) is 6.91. The van der Waals surface area contributed by atoms with E-state index in [9.17, 15) is 13.2 Å². The van der Waals surface area contributed by atoms with E-state index in [1.54, 1.807) is 12.1 Å². The Morgan fingerprint density at radius 3 is 2.66 bits per heavy atom. The van der Waals surface area contributed by atoms with Crippen LogP contribution in [0.1, 0.15) is 30.4 Å². The van der Waals surface area contributed by atoms with Crippen LogP contribution in [-0.2, 0) is 35.7 Å². The van der Waals surface area contributed by atoms with Crippen LogP contribution < -0.4 is 5.48 Å². The molecule has 2 aromatic heterocycles. The Kier molecular flexibility index (Phi) is 8.72. The van der Waals surface area contributed by atoms with Gasteiger partial charge in [-0.2, -0.15) is 8.42 Å². The Hall–Kier alpha value is -2.80. The van der Waals surface area contributed by atoms with E-state index in [1.807, 2.05) is 18.2 Å². The average Bonchev–Trinajstić information content (AvgIpc) is 3.64. The highest BCUT2D eigenvalue weighted by Crippen LogP contribution is 2.32. The molecule has 2 aliphatic rings. The Morgan fingerprint density at radius 1 is 1.08 bits per heavy atom. The lowest BCUT2D eigenvalue weighted by atomic mass is 10.1. The first kappa shape index (κ1) is 26.8. The smallest absolute Gasteiger partial charge is 0.277 e. The molecule has 1 amide bonds. The molecule has 0 bridgehead atoms. The number of ether oxygens (including phenoxy) is 2. The topological polar surface area (TPSA) is 99.1 Å². The molecule has 0 radical (unpaired) electrons. The minimum absolute atomic E-state index is 0.245. The van der Waals surface area contributed by atoms with Gasteiger partial charge in [0.1, 0.15) is 4.21 Å². The molecule has 1 aromatic carbocycles. The number of rotatable bonds is 9. The number of hydroxylamine groups is 1. The summed E-state index contributed by atoms with van der Waals surface area (Å²) in [7, 11) is -3.75. The number of carbonyl (C=O) groups is 1. The van der Waals surface area contributed by atoms with Crippen LogP contribution in [-0.4, -0.2) is 62.4 Å². The largest absolute Gasteiger partial charge is 0.379 e. The molecule has 1 unspecified atom stereocenters. The highest BCUT2D eigenvalue weighted by molar-refractivity contribution is 7.92. The van der Waals surface area contributed by atoms with Gasteiger partial charge in [-0.3, -0.25) is 9.69 Å². The molecular weight excluding hydrogens is 526 g/mol. The highest BCUT2D eigenvalue weighted by atomic mass is 32.2. The lowest BCUT2D eigenvalue weighted by Crippen LogP contribution is -2.35. The second-order valence-electron chi connectivity index (χ2n) is 9.20. The Morgan fingerprint density at radius 2 is 1.89 bits per heavy atom. The molecule has 4 heterocycles. The summed E-state index contributed by atoms with van der Waals surface area (Å²) in [5, 5.41) is 0. The van der Waals surface area contributed by atoms with Crippen LogP contribution >= 0.6 is 11.3 Å². The first-order valence-corrected chi connectivity index (χ1v) is 14.9. The van der Waals surface area contributed by atoms with Crippen molar-refractivity contribution in [3.63, 3.8) is 0 Å². The second kappa shape index (κ2) is 12.4. The lowest BCUT2D eigenvalue weighted by molar-refractivity contribution is -0.198. The van der Waals surface area contributed by atoms with Crippen LogP contribution in [0.25, 0.3) is 16.5 Å². The van der Waals surface area contributed by atoms with Crippen molar-refractivity contribution in [1.29, 1.82) is 0 Å². The van der Waals surface area contributed by atoms with Crippen LogP contribution in [0.15, 0.2) is 65.1 Å². The third kappa shape index (κ3) is 6.79. The molecule has 0 aliphatic carbocycles. The molecule has 1 N–H and O–H groups in total. The zero-order chi connectivity index (χ0) is 26.4. The monoisotopic (exact) mass is 557 g/mol. The van der Waals surface area contributed by atoms with Crippen LogP contribution in [0.5, 0.6) is 0 Å². The number of carbonyl (C=O) groups excluding carboxylic acids is 1. The predicted octanol–water partition coefficient (Wildman–Crippen LogP) is 3.87. The maximum absolute atomic E-state index is 13.2. The van der Waals surface area contributed by atoms with Crippen molar-refractivity contribution < 1.29 is 27.5 Å². The van der Waals surface area contributed by atoms with Gasteiger partial charge < -0.3 is 9.47 Å². The van der Waals surface area contributed by atoms with Crippen molar-refractivity contribution in [2.45, 2.75) is 36.3 Å². The van der Waals surface area contributed by atoms with E-state index in [2.05, 4.69) is 22.5 Å². The second-order valence-corrected chi connectivity index (χ2v) is 12.4. The van der Waals surface area contributed by atoms with Gasteiger partial charge in [0.05, 0.1) is 13.2 Å². The zero-order valence-corrected chi connectivity index (χ0v) is 22.6. The van der Waals surface area contributed by atoms with Crippen molar-refractivity contribution in [2.75, 3.05) is 32.9 Å². The van der Waals surface area contributed by atoms with Crippen molar-refractivity contribution >= 4 is 33.3 Å². The molecule has 2 aliphatic heterocycles. The number of hydrogen-bond donors (Lipinski definition) is 1. The number of amides is 1. The highest BCUT2D eigenvalue weighted by Gasteiger charge is 2.20. The van der Waals surface area contributed by atoms with Gasteiger partial charge in [-0.05, 0) is 53.8 Å². The summed E-state index contributed by atoms with van der Waals surface area (Å²) in [5.74, 6) is -0.450. The maximum Gasteiger partial charge on any atom is 0.277 e. The number of benzene rings is 1. The third-order valence-corrected chi connectivity index (χ3v) is 9.65. The average molecular weight is 558 g/mol. The van der Waals surface area contributed by atoms with E-state index in [1.165, 1.54) is 41.4 Å².